The van der Waals surface area contributed by atoms with Gasteiger partial charge in [0.25, 0.3) is 0 Å². The van der Waals surface area contributed by atoms with E-state index >= 15 is 0 Å². The largest absolute Gasteiger partial charge is 0.382 e. The van der Waals surface area contributed by atoms with Crippen molar-refractivity contribution >= 4 is 17.0 Å². The number of imidazole rings is 1. The van der Waals surface area contributed by atoms with E-state index in [0.717, 1.165) is 0 Å². The number of rotatable bonds is 2. The van der Waals surface area contributed by atoms with E-state index in [0.29, 0.717) is 30.2 Å². The lowest BCUT2D eigenvalue weighted by atomic mass is 10.1. The van der Waals surface area contributed by atoms with Crippen LogP contribution in [0.5, 0.6) is 0 Å². The lowest BCUT2D eigenvalue weighted by molar-refractivity contribution is 0.0646. The van der Waals surface area contributed by atoms with Crippen molar-refractivity contribution in [2.24, 2.45) is 5.11 Å². The van der Waals surface area contributed by atoms with E-state index in [9.17, 15) is 0 Å². The summed E-state index contributed by atoms with van der Waals surface area (Å²) in [7, 11) is 0. The molecule has 0 bridgehead atoms. The zero-order valence-electron chi connectivity index (χ0n) is 10.9. The second-order valence-electron chi connectivity index (χ2n) is 5.02. The molecule has 2 aromatic heterocycles. The molecule has 21 heavy (non-hydrogen) atoms. The van der Waals surface area contributed by atoms with Gasteiger partial charge in [-0.05, 0) is 5.53 Å². The molecule has 4 rings (SSSR count). The monoisotopic (exact) mass is 288 g/mol. The van der Waals surface area contributed by atoms with Crippen LogP contribution in [0, 0.1) is 0 Å². The first kappa shape index (κ1) is 12.3. The Bertz CT molecular complexity index is 739. The molecular formula is C11H12N8O2. The van der Waals surface area contributed by atoms with Gasteiger partial charge in [0.15, 0.2) is 11.5 Å². The Kier molecular flexibility index (Phi) is 2.67. The number of fused-ring (bicyclic) bond motifs is 2. The topological polar surface area (TPSA) is 137 Å². The van der Waals surface area contributed by atoms with Crippen molar-refractivity contribution in [1.82, 2.24) is 19.5 Å². The van der Waals surface area contributed by atoms with Crippen molar-refractivity contribution in [2.45, 2.75) is 24.3 Å². The summed E-state index contributed by atoms with van der Waals surface area (Å²) in [6.45, 7) is 0.807. The summed E-state index contributed by atoms with van der Waals surface area (Å²) in [5, 5.41) is 3.72. The molecule has 10 nitrogen and oxygen atoms in total. The zero-order chi connectivity index (χ0) is 14.4. The average molecular weight is 288 g/mol. The molecule has 2 saturated heterocycles. The summed E-state index contributed by atoms with van der Waals surface area (Å²) in [6.07, 6.45) is 2.65. The molecule has 2 fully saturated rings. The minimum atomic E-state index is -0.292. The second kappa shape index (κ2) is 4.55. The van der Waals surface area contributed by atoms with Crippen LogP contribution in [0.25, 0.3) is 21.6 Å². The van der Waals surface area contributed by atoms with Crippen LogP contribution in [0.1, 0.15) is 6.04 Å². The van der Waals surface area contributed by atoms with E-state index in [1.165, 1.54) is 6.33 Å². The first-order valence-corrected chi connectivity index (χ1v) is 6.50. The van der Waals surface area contributed by atoms with Crippen LogP contribution >= 0.6 is 0 Å². The first-order valence-electron chi connectivity index (χ1n) is 6.50. The van der Waals surface area contributed by atoms with Crippen molar-refractivity contribution in [3.63, 3.8) is 0 Å². The summed E-state index contributed by atoms with van der Waals surface area (Å²) < 4.78 is 13.4. The first-order chi connectivity index (χ1) is 10.3. The number of hydrogen-bond acceptors (Lipinski definition) is 7. The Morgan fingerprint density at radius 2 is 2.14 bits per heavy atom. The van der Waals surface area contributed by atoms with E-state index in [1.807, 2.05) is 4.57 Å². The SMILES string of the molecule is [N-]=[N+]=N[C@@H]1CO[C@H]2[C@@H]1OC[C@@H]2n1cnc2c(N)ncnc21. The third kappa shape index (κ3) is 1.74. The molecule has 0 aromatic carbocycles. The summed E-state index contributed by atoms with van der Waals surface area (Å²) >= 11 is 0. The Hall–Kier alpha value is -2.42. The number of nitrogens with zero attached hydrogens (tertiary/aromatic N) is 7. The van der Waals surface area contributed by atoms with Gasteiger partial charge in [0.05, 0.1) is 37.7 Å². The molecule has 0 saturated carbocycles. The highest BCUT2D eigenvalue weighted by Crippen LogP contribution is 2.36. The van der Waals surface area contributed by atoms with Crippen molar-refractivity contribution in [2.75, 3.05) is 18.9 Å². The third-order valence-corrected chi connectivity index (χ3v) is 3.95. The minimum Gasteiger partial charge on any atom is -0.382 e. The second-order valence-corrected chi connectivity index (χ2v) is 5.02. The smallest absolute Gasteiger partial charge is 0.165 e. The maximum absolute atomic E-state index is 8.57. The van der Waals surface area contributed by atoms with Crippen LogP contribution in [0.3, 0.4) is 0 Å². The van der Waals surface area contributed by atoms with E-state index < -0.39 is 0 Å². The predicted octanol–water partition coefficient (Wildman–Crippen LogP) is 0.426. The Morgan fingerprint density at radius 3 is 3.00 bits per heavy atom. The van der Waals surface area contributed by atoms with Gasteiger partial charge in [0.1, 0.15) is 17.9 Å². The summed E-state index contributed by atoms with van der Waals surface area (Å²) in [4.78, 5) is 15.2. The Balaban J connectivity index is 1.71. The molecule has 4 heterocycles. The van der Waals surface area contributed by atoms with Crippen LogP contribution in [0.2, 0.25) is 0 Å². The fourth-order valence-electron chi connectivity index (χ4n) is 2.98. The number of hydrogen-bond donors (Lipinski definition) is 1. The lowest BCUT2D eigenvalue weighted by Crippen LogP contribution is -2.29. The van der Waals surface area contributed by atoms with Gasteiger partial charge in [0.2, 0.25) is 0 Å². The Labute approximate surface area is 118 Å². The van der Waals surface area contributed by atoms with Crippen LogP contribution in [0.15, 0.2) is 17.8 Å². The lowest BCUT2D eigenvalue weighted by Gasteiger charge is -2.17. The normalized spacial score (nSPS) is 31.2. The maximum Gasteiger partial charge on any atom is 0.165 e. The van der Waals surface area contributed by atoms with Crippen LogP contribution in [0.4, 0.5) is 5.82 Å². The van der Waals surface area contributed by atoms with Crippen LogP contribution in [-0.4, -0.2) is 51.0 Å². The molecule has 0 aliphatic carbocycles. The molecule has 10 heteroatoms. The van der Waals surface area contributed by atoms with E-state index in [2.05, 4.69) is 25.0 Å². The van der Waals surface area contributed by atoms with E-state index in [4.69, 9.17) is 20.7 Å². The van der Waals surface area contributed by atoms with Gasteiger partial charge in [-0.15, -0.1) is 0 Å². The van der Waals surface area contributed by atoms with Crippen molar-refractivity contribution in [3.05, 3.63) is 23.1 Å². The fourth-order valence-corrected chi connectivity index (χ4v) is 2.98. The van der Waals surface area contributed by atoms with E-state index in [1.54, 1.807) is 6.33 Å². The fraction of sp³-hybridized carbons (Fsp3) is 0.545. The van der Waals surface area contributed by atoms with Gasteiger partial charge in [0, 0.05) is 4.91 Å². The highest BCUT2D eigenvalue weighted by atomic mass is 16.6. The van der Waals surface area contributed by atoms with Crippen LogP contribution < -0.4 is 5.73 Å². The highest BCUT2D eigenvalue weighted by Gasteiger charge is 2.48. The van der Waals surface area contributed by atoms with Gasteiger partial charge in [-0.2, -0.15) is 0 Å². The summed E-state index contributed by atoms with van der Waals surface area (Å²) in [5.41, 5.74) is 15.6. The van der Waals surface area contributed by atoms with Gasteiger partial charge in [-0.25, -0.2) is 15.0 Å². The molecule has 0 amide bonds. The molecule has 2 aromatic rings. The van der Waals surface area contributed by atoms with Crippen molar-refractivity contribution < 1.29 is 9.47 Å². The van der Waals surface area contributed by atoms with Crippen molar-refractivity contribution in [1.29, 1.82) is 0 Å². The standard InChI is InChI=1S/C11H12N8O2/c12-10-7-11(15-3-14-10)19(4-16-7)6-2-21-8-5(17-18-13)1-20-9(6)8/h3-6,8-9H,1-2H2,(H2,12,14,15)/t5-,6+,8-,9-/m1/s1. The predicted molar refractivity (Wildman–Crippen MR) is 71.2 cm³/mol. The van der Waals surface area contributed by atoms with Crippen LogP contribution in [-0.2, 0) is 9.47 Å². The molecule has 2 N–H and O–H groups in total. The molecule has 2 aliphatic rings. The average Bonchev–Trinajstić information content (AvgIpc) is 3.15. The van der Waals surface area contributed by atoms with Gasteiger partial charge < -0.3 is 19.8 Å². The molecule has 4 atom stereocenters. The Morgan fingerprint density at radius 1 is 1.29 bits per heavy atom. The number of nitrogens with two attached hydrogens (primary N) is 1. The number of aromatic nitrogens is 4. The maximum atomic E-state index is 8.57. The van der Waals surface area contributed by atoms with Crippen molar-refractivity contribution in [3.8, 4) is 0 Å². The number of ether oxygens (including phenoxy) is 2. The molecule has 0 radical (unpaired) electrons. The van der Waals surface area contributed by atoms with Gasteiger partial charge in [-0.3, -0.25) is 0 Å². The number of azide groups is 1. The summed E-state index contributed by atoms with van der Waals surface area (Å²) in [6, 6.07) is -0.368. The number of nitrogen functional groups attached to an aromatic ring is 1. The quantitative estimate of drug-likeness (QED) is 0.483. The minimum absolute atomic E-state index is 0.0757. The third-order valence-electron chi connectivity index (χ3n) is 3.95. The zero-order valence-corrected chi connectivity index (χ0v) is 10.9. The molecule has 2 aliphatic heterocycles. The molecule has 108 valence electrons. The summed E-state index contributed by atoms with van der Waals surface area (Å²) in [5.74, 6) is 0.341. The molecule has 0 unspecified atom stereocenters. The van der Waals surface area contributed by atoms with E-state index in [-0.39, 0.29) is 24.3 Å². The molecular weight excluding hydrogens is 276 g/mol. The molecule has 0 spiro atoms. The van der Waals surface area contributed by atoms with Gasteiger partial charge >= 0.3 is 0 Å². The number of anilines is 1. The highest BCUT2D eigenvalue weighted by molar-refractivity contribution is 5.81. The van der Waals surface area contributed by atoms with Gasteiger partial charge in [-0.1, -0.05) is 5.11 Å².